The molecule has 0 radical (unpaired) electrons. The molecule has 21 heavy (non-hydrogen) atoms. The molecule has 1 aromatic heterocycles. The Balaban J connectivity index is 1.93. The summed E-state index contributed by atoms with van der Waals surface area (Å²) in [6, 6.07) is 7.96. The summed E-state index contributed by atoms with van der Waals surface area (Å²) >= 11 is 5.68. The molecule has 2 heterocycles. The third kappa shape index (κ3) is 2.74. The van der Waals surface area contributed by atoms with Gasteiger partial charge in [0.05, 0.1) is 0 Å². The number of phenolic OH excluding ortho intramolecular Hbond substituents is 1. The molecule has 0 bridgehead atoms. The van der Waals surface area contributed by atoms with Crippen LogP contribution in [0.25, 0.3) is 0 Å². The summed E-state index contributed by atoms with van der Waals surface area (Å²) in [5.74, 6) is 0.140. The summed E-state index contributed by atoms with van der Waals surface area (Å²) in [5, 5.41) is 9.78. The molecule has 0 amide bonds. The molecule has 0 atom stereocenters. The number of pyridine rings is 1. The van der Waals surface area contributed by atoms with Crippen LogP contribution in [0.15, 0.2) is 41.4 Å². The Kier molecular flexibility index (Phi) is 3.61. The second-order valence-electron chi connectivity index (χ2n) is 4.86. The van der Waals surface area contributed by atoms with E-state index < -0.39 is 10.0 Å². The summed E-state index contributed by atoms with van der Waals surface area (Å²) in [6.07, 6.45) is 1.88. The maximum Gasteiger partial charge on any atom is 0.244 e. The number of aromatic hydroxyl groups is 1. The topological polar surface area (TPSA) is 70.5 Å². The molecule has 1 aliphatic rings. The first-order valence-corrected chi connectivity index (χ1v) is 8.21. The van der Waals surface area contributed by atoms with E-state index in [1.807, 2.05) is 6.07 Å². The number of phenols is 1. The number of hydrogen-bond acceptors (Lipinski definition) is 4. The van der Waals surface area contributed by atoms with Gasteiger partial charge in [0, 0.05) is 19.3 Å². The molecule has 1 aromatic carbocycles. The molecule has 1 aliphatic heterocycles. The van der Waals surface area contributed by atoms with Crippen molar-refractivity contribution in [3.63, 3.8) is 0 Å². The van der Waals surface area contributed by atoms with E-state index >= 15 is 0 Å². The first-order valence-electron chi connectivity index (χ1n) is 6.39. The number of nitrogens with zero attached hydrogens (tertiary/aromatic N) is 2. The van der Waals surface area contributed by atoms with Crippen LogP contribution >= 0.6 is 11.6 Å². The van der Waals surface area contributed by atoms with Gasteiger partial charge in [-0.1, -0.05) is 17.7 Å². The van der Waals surface area contributed by atoms with Crippen molar-refractivity contribution in [2.24, 2.45) is 0 Å². The lowest BCUT2D eigenvalue weighted by atomic mass is 10.0. The van der Waals surface area contributed by atoms with Gasteiger partial charge in [-0.25, -0.2) is 13.4 Å². The van der Waals surface area contributed by atoms with Gasteiger partial charge in [-0.2, -0.15) is 4.31 Å². The lowest BCUT2D eigenvalue weighted by molar-refractivity contribution is 0.388. The van der Waals surface area contributed by atoms with Crippen molar-refractivity contribution in [2.45, 2.75) is 17.9 Å². The van der Waals surface area contributed by atoms with Gasteiger partial charge in [-0.05, 0) is 41.8 Å². The van der Waals surface area contributed by atoms with Crippen molar-refractivity contribution in [3.8, 4) is 5.75 Å². The van der Waals surface area contributed by atoms with Crippen molar-refractivity contribution >= 4 is 21.6 Å². The quantitative estimate of drug-likeness (QED) is 0.860. The Bertz CT molecular complexity index is 775. The average molecular weight is 325 g/mol. The van der Waals surface area contributed by atoms with Crippen LogP contribution in [-0.2, 0) is 23.0 Å². The molecule has 5 nitrogen and oxygen atoms in total. The average Bonchev–Trinajstić information content (AvgIpc) is 2.47. The summed E-state index contributed by atoms with van der Waals surface area (Å²) < 4.78 is 26.5. The highest BCUT2D eigenvalue weighted by molar-refractivity contribution is 7.89. The molecule has 0 spiro atoms. The first kappa shape index (κ1) is 14.3. The van der Waals surface area contributed by atoms with Crippen LogP contribution in [0.2, 0.25) is 5.15 Å². The monoisotopic (exact) mass is 324 g/mol. The standard InChI is InChI=1S/C14H13ClN2O3S/c15-14-4-3-13(8-16-14)21(19,20)17-6-5-10-1-2-12(18)7-11(10)9-17/h1-4,7-8,18H,5-6,9H2. The van der Waals surface area contributed by atoms with Crippen LogP contribution in [0.3, 0.4) is 0 Å². The predicted molar refractivity (Wildman–Crippen MR) is 78.7 cm³/mol. The van der Waals surface area contributed by atoms with Crippen LogP contribution in [-0.4, -0.2) is 29.4 Å². The summed E-state index contributed by atoms with van der Waals surface area (Å²) in [4.78, 5) is 3.94. The molecular formula is C14H13ClN2O3S. The third-order valence-electron chi connectivity index (χ3n) is 3.51. The number of benzene rings is 1. The van der Waals surface area contributed by atoms with Crippen LogP contribution in [0.1, 0.15) is 11.1 Å². The maximum absolute atomic E-state index is 12.6. The minimum Gasteiger partial charge on any atom is -0.508 e. The molecule has 0 fully saturated rings. The molecule has 0 unspecified atom stereocenters. The van der Waals surface area contributed by atoms with Gasteiger partial charge in [-0.3, -0.25) is 0 Å². The van der Waals surface area contributed by atoms with Crippen molar-refractivity contribution < 1.29 is 13.5 Å². The van der Waals surface area contributed by atoms with E-state index in [0.717, 1.165) is 11.1 Å². The third-order valence-corrected chi connectivity index (χ3v) is 5.56. The fourth-order valence-corrected chi connectivity index (χ4v) is 3.86. The molecule has 0 aliphatic carbocycles. The van der Waals surface area contributed by atoms with Crippen molar-refractivity contribution in [1.82, 2.24) is 9.29 Å². The highest BCUT2D eigenvalue weighted by Crippen LogP contribution is 2.27. The summed E-state index contributed by atoms with van der Waals surface area (Å²) in [6.45, 7) is 0.650. The Labute approximate surface area is 127 Å². The number of hydrogen-bond donors (Lipinski definition) is 1. The smallest absolute Gasteiger partial charge is 0.244 e. The maximum atomic E-state index is 12.6. The Hall–Kier alpha value is -1.63. The van der Waals surface area contributed by atoms with E-state index in [2.05, 4.69) is 4.98 Å². The highest BCUT2D eigenvalue weighted by atomic mass is 35.5. The van der Waals surface area contributed by atoms with Crippen molar-refractivity contribution in [1.29, 1.82) is 0 Å². The van der Waals surface area contributed by atoms with Crippen molar-refractivity contribution in [2.75, 3.05) is 6.54 Å². The largest absolute Gasteiger partial charge is 0.508 e. The zero-order valence-corrected chi connectivity index (χ0v) is 12.6. The SMILES string of the molecule is O=S(=O)(c1ccc(Cl)nc1)N1CCc2ccc(O)cc2C1. The van der Waals surface area contributed by atoms with Gasteiger partial charge in [0.15, 0.2) is 0 Å². The molecule has 1 N–H and O–H groups in total. The number of aromatic nitrogens is 1. The van der Waals surface area contributed by atoms with Crippen LogP contribution in [0.5, 0.6) is 5.75 Å². The Morgan fingerprint density at radius 3 is 2.71 bits per heavy atom. The van der Waals surface area contributed by atoms with E-state index in [9.17, 15) is 13.5 Å². The second-order valence-corrected chi connectivity index (χ2v) is 7.18. The fourth-order valence-electron chi connectivity index (χ4n) is 2.39. The van der Waals surface area contributed by atoms with E-state index in [1.165, 1.54) is 22.6 Å². The van der Waals surface area contributed by atoms with Crippen LogP contribution in [0.4, 0.5) is 0 Å². The van der Waals surface area contributed by atoms with E-state index in [4.69, 9.17) is 11.6 Å². The molecular weight excluding hydrogens is 312 g/mol. The molecule has 3 rings (SSSR count). The zero-order chi connectivity index (χ0) is 15.0. The van der Waals surface area contributed by atoms with Gasteiger partial charge in [0.1, 0.15) is 15.8 Å². The Morgan fingerprint density at radius 1 is 1.19 bits per heavy atom. The number of halogens is 1. The van der Waals surface area contributed by atoms with Gasteiger partial charge >= 0.3 is 0 Å². The minimum absolute atomic E-state index is 0.121. The molecule has 0 saturated carbocycles. The highest BCUT2D eigenvalue weighted by Gasteiger charge is 2.28. The van der Waals surface area contributed by atoms with Gasteiger partial charge in [-0.15, -0.1) is 0 Å². The molecule has 2 aromatic rings. The van der Waals surface area contributed by atoms with Gasteiger partial charge < -0.3 is 5.11 Å². The predicted octanol–water partition coefficient (Wildman–Crippen LogP) is 2.19. The normalized spacial score (nSPS) is 15.7. The lowest BCUT2D eigenvalue weighted by Crippen LogP contribution is -2.35. The zero-order valence-electron chi connectivity index (χ0n) is 11.0. The van der Waals surface area contributed by atoms with E-state index in [-0.39, 0.29) is 22.3 Å². The van der Waals surface area contributed by atoms with Crippen LogP contribution in [0, 0.1) is 0 Å². The first-order chi connectivity index (χ1) is 9.96. The Morgan fingerprint density at radius 2 is 2.00 bits per heavy atom. The molecule has 0 saturated heterocycles. The number of sulfonamides is 1. The van der Waals surface area contributed by atoms with Gasteiger partial charge in [0.25, 0.3) is 0 Å². The number of fused-ring (bicyclic) bond motifs is 1. The minimum atomic E-state index is -3.60. The molecule has 110 valence electrons. The number of rotatable bonds is 2. The summed E-state index contributed by atoms with van der Waals surface area (Å²) in [7, 11) is -3.60. The van der Waals surface area contributed by atoms with E-state index in [0.29, 0.717) is 13.0 Å². The second kappa shape index (κ2) is 5.29. The summed E-state index contributed by atoms with van der Waals surface area (Å²) in [5.41, 5.74) is 1.89. The van der Waals surface area contributed by atoms with Gasteiger partial charge in [0.2, 0.25) is 10.0 Å². The van der Waals surface area contributed by atoms with Crippen molar-refractivity contribution in [3.05, 3.63) is 52.8 Å². The van der Waals surface area contributed by atoms with Crippen LogP contribution < -0.4 is 0 Å². The fraction of sp³-hybridized carbons (Fsp3) is 0.214. The van der Waals surface area contributed by atoms with E-state index in [1.54, 1.807) is 12.1 Å². The lowest BCUT2D eigenvalue weighted by Gasteiger charge is -2.28. The molecule has 7 heteroatoms.